The highest BCUT2D eigenvalue weighted by Crippen LogP contribution is 2.21. The Bertz CT molecular complexity index is 647. The number of aromatic nitrogens is 1. The molecule has 0 aliphatic rings. The van der Waals surface area contributed by atoms with Gasteiger partial charge >= 0.3 is 0 Å². The highest BCUT2D eigenvalue weighted by molar-refractivity contribution is 6.04. The smallest absolute Gasteiger partial charge is 0.278 e. The molecule has 0 spiro atoms. The van der Waals surface area contributed by atoms with Crippen molar-refractivity contribution in [1.82, 2.24) is 4.98 Å². The number of benzene rings is 1. The summed E-state index contributed by atoms with van der Waals surface area (Å²) < 4.78 is 39.2. The molecular formula is C12H7F3N2O2. The maximum atomic E-state index is 13.3. The van der Waals surface area contributed by atoms with Crippen LogP contribution in [0.3, 0.4) is 0 Å². The van der Waals surface area contributed by atoms with E-state index in [-0.39, 0.29) is 5.69 Å². The molecule has 2 aromatic rings. The second kappa shape index (κ2) is 4.97. The highest BCUT2D eigenvalue weighted by Gasteiger charge is 2.17. The van der Waals surface area contributed by atoms with E-state index in [9.17, 15) is 23.1 Å². The summed E-state index contributed by atoms with van der Waals surface area (Å²) in [6.07, 6.45) is 1.23. The van der Waals surface area contributed by atoms with Crippen LogP contribution >= 0.6 is 0 Å². The van der Waals surface area contributed by atoms with Crippen LogP contribution in [0.5, 0.6) is 5.75 Å². The third-order valence-corrected chi connectivity index (χ3v) is 2.24. The first-order valence-electron chi connectivity index (χ1n) is 5.09. The average Bonchev–Trinajstić information content (AvgIpc) is 2.35. The lowest BCUT2D eigenvalue weighted by Gasteiger charge is -2.07. The quantitative estimate of drug-likeness (QED) is 0.822. The molecule has 1 aromatic carbocycles. The third-order valence-electron chi connectivity index (χ3n) is 2.24. The fourth-order valence-electron chi connectivity index (χ4n) is 1.40. The number of amides is 1. The Kier molecular flexibility index (Phi) is 3.37. The van der Waals surface area contributed by atoms with Gasteiger partial charge in [0.1, 0.15) is 11.6 Å². The lowest BCUT2D eigenvalue weighted by Crippen LogP contribution is -2.15. The molecule has 7 heteroatoms. The largest absolute Gasteiger partial charge is 0.505 e. The summed E-state index contributed by atoms with van der Waals surface area (Å²) in [5, 5.41) is 11.3. The first-order chi connectivity index (χ1) is 8.99. The number of pyridine rings is 1. The van der Waals surface area contributed by atoms with Crippen molar-refractivity contribution < 1.29 is 23.1 Å². The van der Waals surface area contributed by atoms with Gasteiger partial charge in [-0.2, -0.15) is 0 Å². The van der Waals surface area contributed by atoms with Crippen LogP contribution in [0.2, 0.25) is 0 Å². The fourth-order valence-corrected chi connectivity index (χ4v) is 1.40. The third kappa shape index (κ3) is 2.65. The van der Waals surface area contributed by atoms with Crippen LogP contribution in [0, 0.1) is 17.5 Å². The summed E-state index contributed by atoms with van der Waals surface area (Å²) in [4.78, 5) is 15.2. The molecule has 1 heterocycles. The van der Waals surface area contributed by atoms with Crippen LogP contribution in [0.25, 0.3) is 0 Å². The number of aromatic hydroxyl groups is 1. The van der Waals surface area contributed by atoms with Crippen molar-refractivity contribution in [3.63, 3.8) is 0 Å². The first-order valence-corrected chi connectivity index (χ1v) is 5.09. The van der Waals surface area contributed by atoms with Crippen LogP contribution in [-0.2, 0) is 0 Å². The highest BCUT2D eigenvalue weighted by atomic mass is 19.2. The molecule has 19 heavy (non-hydrogen) atoms. The maximum absolute atomic E-state index is 13.3. The zero-order chi connectivity index (χ0) is 14.0. The lowest BCUT2D eigenvalue weighted by molar-refractivity contribution is 0.101. The number of nitrogens with one attached hydrogen (secondary N) is 1. The van der Waals surface area contributed by atoms with Crippen LogP contribution in [0.15, 0.2) is 30.5 Å². The van der Waals surface area contributed by atoms with Gasteiger partial charge in [-0.1, -0.05) is 0 Å². The minimum absolute atomic E-state index is 0.350. The Morgan fingerprint density at radius 3 is 2.68 bits per heavy atom. The molecule has 2 N–H and O–H groups in total. The summed E-state index contributed by atoms with van der Waals surface area (Å²) in [6.45, 7) is 0. The Morgan fingerprint density at radius 1 is 1.26 bits per heavy atom. The van der Waals surface area contributed by atoms with Crippen LogP contribution in [0.1, 0.15) is 10.5 Å². The van der Waals surface area contributed by atoms with Crippen LogP contribution in [-0.4, -0.2) is 16.0 Å². The summed E-state index contributed by atoms with van der Waals surface area (Å²) >= 11 is 0. The summed E-state index contributed by atoms with van der Waals surface area (Å²) in [6, 6.07) is 3.55. The van der Waals surface area contributed by atoms with Crippen molar-refractivity contribution in [2.24, 2.45) is 0 Å². The summed E-state index contributed by atoms with van der Waals surface area (Å²) in [7, 11) is 0. The minimum atomic E-state index is -1.43. The molecule has 1 aromatic heterocycles. The molecule has 0 aliphatic heterocycles. The molecule has 0 radical (unpaired) electrons. The first kappa shape index (κ1) is 12.9. The number of carbonyl (C=O) groups excluding carboxylic acids is 1. The van der Waals surface area contributed by atoms with E-state index in [0.29, 0.717) is 12.1 Å². The van der Waals surface area contributed by atoms with Crippen molar-refractivity contribution in [3.05, 3.63) is 53.6 Å². The average molecular weight is 268 g/mol. The Morgan fingerprint density at radius 2 is 2.00 bits per heavy atom. The van der Waals surface area contributed by atoms with Gasteiger partial charge in [0.15, 0.2) is 17.3 Å². The minimum Gasteiger partial charge on any atom is -0.505 e. The SMILES string of the molecule is O=C(Nc1cc(F)cc(F)c1F)c1ncccc1O. The Hall–Kier alpha value is -2.57. The molecule has 0 unspecified atom stereocenters. The van der Waals surface area contributed by atoms with Crippen molar-refractivity contribution in [1.29, 1.82) is 0 Å². The predicted molar refractivity (Wildman–Crippen MR) is 60.2 cm³/mol. The van der Waals surface area contributed by atoms with Gasteiger partial charge in [-0.15, -0.1) is 0 Å². The van der Waals surface area contributed by atoms with Gasteiger partial charge in [0.2, 0.25) is 0 Å². The normalized spacial score (nSPS) is 10.3. The maximum Gasteiger partial charge on any atom is 0.278 e. The topological polar surface area (TPSA) is 62.2 Å². The van der Waals surface area contributed by atoms with Crippen LogP contribution < -0.4 is 5.32 Å². The molecule has 0 saturated carbocycles. The van der Waals surface area contributed by atoms with E-state index < -0.39 is 34.8 Å². The fraction of sp³-hybridized carbons (Fsp3) is 0. The van der Waals surface area contributed by atoms with Gasteiger partial charge in [-0.25, -0.2) is 18.2 Å². The van der Waals surface area contributed by atoms with Gasteiger partial charge < -0.3 is 10.4 Å². The monoisotopic (exact) mass is 268 g/mol. The predicted octanol–water partition coefficient (Wildman–Crippen LogP) is 2.46. The Balaban J connectivity index is 2.32. The van der Waals surface area contributed by atoms with Crippen molar-refractivity contribution in [2.75, 3.05) is 5.32 Å². The number of hydrogen-bond acceptors (Lipinski definition) is 3. The van der Waals surface area contributed by atoms with Crippen molar-refractivity contribution in [3.8, 4) is 5.75 Å². The molecule has 0 bridgehead atoms. The van der Waals surface area contributed by atoms with Crippen molar-refractivity contribution in [2.45, 2.75) is 0 Å². The van der Waals surface area contributed by atoms with E-state index in [1.807, 2.05) is 5.32 Å². The standard InChI is InChI=1S/C12H7F3N2O2/c13-6-4-7(14)10(15)8(5-6)17-12(19)11-9(18)2-1-3-16-11/h1-5,18H,(H,17,19). The second-order valence-corrected chi connectivity index (χ2v) is 3.57. The van der Waals surface area contributed by atoms with Crippen LogP contribution in [0.4, 0.5) is 18.9 Å². The lowest BCUT2D eigenvalue weighted by atomic mass is 10.2. The number of carbonyl (C=O) groups is 1. The number of anilines is 1. The molecular weight excluding hydrogens is 261 g/mol. The van der Waals surface area contributed by atoms with E-state index >= 15 is 0 Å². The summed E-state index contributed by atoms with van der Waals surface area (Å²) in [5.41, 5.74) is -1.06. The molecule has 98 valence electrons. The number of hydrogen-bond donors (Lipinski definition) is 2. The molecule has 1 amide bonds. The zero-order valence-corrected chi connectivity index (χ0v) is 9.32. The number of nitrogens with zero attached hydrogens (tertiary/aromatic N) is 1. The molecule has 0 aliphatic carbocycles. The van der Waals surface area contributed by atoms with Gasteiger partial charge in [0.05, 0.1) is 5.69 Å². The number of rotatable bonds is 2. The van der Waals surface area contributed by atoms with E-state index in [1.165, 1.54) is 18.3 Å². The molecule has 2 rings (SSSR count). The van der Waals surface area contributed by atoms with Gasteiger partial charge in [-0.3, -0.25) is 4.79 Å². The molecule has 4 nitrogen and oxygen atoms in total. The van der Waals surface area contributed by atoms with E-state index in [0.717, 1.165) is 0 Å². The zero-order valence-electron chi connectivity index (χ0n) is 9.32. The molecule has 0 atom stereocenters. The van der Waals surface area contributed by atoms with E-state index in [1.54, 1.807) is 0 Å². The molecule has 0 saturated heterocycles. The van der Waals surface area contributed by atoms with Gasteiger partial charge in [-0.05, 0) is 12.1 Å². The van der Waals surface area contributed by atoms with Gasteiger partial charge in [0, 0.05) is 18.3 Å². The van der Waals surface area contributed by atoms with Gasteiger partial charge in [0.25, 0.3) is 5.91 Å². The number of halogens is 3. The van der Waals surface area contributed by atoms with Crippen molar-refractivity contribution >= 4 is 11.6 Å². The summed E-state index contributed by atoms with van der Waals surface area (Å²) in [5.74, 6) is -5.29. The Labute approximate surface area is 105 Å². The second-order valence-electron chi connectivity index (χ2n) is 3.57. The van der Waals surface area contributed by atoms with E-state index in [2.05, 4.69) is 4.98 Å². The van der Waals surface area contributed by atoms with E-state index in [4.69, 9.17) is 0 Å². The molecule has 0 fully saturated rings.